The molecule has 21 heavy (non-hydrogen) atoms. The van der Waals surface area contributed by atoms with Gasteiger partial charge in [-0.25, -0.2) is 8.78 Å². The minimum absolute atomic E-state index is 0.224. The highest BCUT2D eigenvalue weighted by Crippen LogP contribution is 2.26. The first-order valence-electron chi connectivity index (χ1n) is 6.69. The van der Waals surface area contributed by atoms with Crippen LogP contribution in [0.15, 0.2) is 42.5 Å². The van der Waals surface area contributed by atoms with E-state index in [-0.39, 0.29) is 5.92 Å². The van der Waals surface area contributed by atoms with Crippen LogP contribution in [-0.4, -0.2) is 12.4 Å². The summed E-state index contributed by atoms with van der Waals surface area (Å²) in [7, 11) is 0. The van der Waals surface area contributed by atoms with Crippen LogP contribution in [0, 0.1) is 11.6 Å². The van der Waals surface area contributed by atoms with Gasteiger partial charge in [0.05, 0.1) is 5.56 Å². The van der Waals surface area contributed by atoms with E-state index in [9.17, 15) is 13.6 Å². The van der Waals surface area contributed by atoms with Crippen molar-refractivity contribution in [3.05, 3.63) is 65.2 Å². The Bertz CT molecular complexity index is 631. The molecular formula is C17H16F2O2. The van der Waals surface area contributed by atoms with E-state index in [0.29, 0.717) is 5.75 Å². The van der Waals surface area contributed by atoms with Gasteiger partial charge in [-0.3, -0.25) is 4.79 Å². The molecule has 0 atom stereocenters. The highest BCUT2D eigenvalue weighted by atomic mass is 19.1. The first-order chi connectivity index (χ1) is 10.0. The fraction of sp³-hybridized carbons (Fsp3) is 0.235. The van der Waals surface area contributed by atoms with Crippen molar-refractivity contribution in [2.75, 3.05) is 6.61 Å². The number of hydrogen-bond donors (Lipinski definition) is 0. The van der Waals surface area contributed by atoms with Crippen LogP contribution >= 0.6 is 0 Å². The van der Waals surface area contributed by atoms with Crippen molar-refractivity contribution in [2.24, 2.45) is 0 Å². The molecule has 0 saturated carbocycles. The van der Waals surface area contributed by atoms with Crippen LogP contribution in [0.25, 0.3) is 0 Å². The highest BCUT2D eigenvalue weighted by molar-refractivity contribution is 5.97. The van der Waals surface area contributed by atoms with Gasteiger partial charge in [0, 0.05) is 0 Å². The Kier molecular flexibility index (Phi) is 4.68. The molecule has 4 heteroatoms. The molecule has 0 spiro atoms. The monoisotopic (exact) mass is 290 g/mol. The fourth-order valence-electron chi connectivity index (χ4n) is 2.07. The van der Waals surface area contributed by atoms with Crippen LogP contribution in [0.5, 0.6) is 5.75 Å². The molecule has 0 fully saturated rings. The van der Waals surface area contributed by atoms with Gasteiger partial charge in [-0.05, 0) is 29.7 Å². The van der Waals surface area contributed by atoms with Crippen LogP contribution < -0.4 is 4.74 Å². The van der Waals surface area contributed by atoms with Gasteiger partial charge in [0.2, 0.25) is 5.78 Å². The molecule has 110 valence electrons. The summed E-state index contributed by atoms with van der Waals surface area (Å²) >= 11 is 0. The predicted molar refractivity (Wildman–Crippen MR) is 76.7 cm³/mol. The van der Waals surface area contributed by atoms with Gasteiger partial charge in [0.25, 0.3) is 0 Å². The SMILES string of the molecule is CC(C)c1ccccc1OCC(=O)c1c(F)cccc1F. The van der Waals surface area contributed by atoms with Crippen molar-refractivity contribution in [3.8, 4) is 5.75 Å². The zero-order chi connectivity index (χ0) is 15.4. The third-order valence-corrected chi connectivity index (χ3v) is 3.14. The molecule has 2 aromatic carbocycles. The minimum atomic E-state index is -0.874. The third-order valence-electron chi connectivity index (χ3n) is 3.14. The summed E-state index contributed by atoms with van der Waals surface area (Å²) in [5, 5.41) is 0. The van der Waals surface area contributed by atoms with Gasteiger partial charge in [0.1, 0.15) is 17.4 Å². The summed E-state index contributed by atoms with van der Waals surface area (Å²) in [5.41, 5.74) is 0.388. The van der Waals surface area contributed by atoms with E-state index in [1.165, 1.54) is 6.07 Å². The molecular weight excluding hydrogens is 274 g/mol. The second-order valence-electron chi connectivity index (χ2n) is 5.00. The van der Waals surface area contributed by atoms with Crippen LogP contribution in [0.1, 0.15) is 35.7 Å². The standard InChI is InChI=1S/C17H16F2O2/c1-11(2)12-6-3-4-9-16(12)21-10-15(20)17-13(18)7-5-8-14(17)19/h3-9,11H,10H2,1-2H3. The number of ketones is 1. The summed E-state index contributed by atoms with van der Waals surface area (Å²) in [4.78, 5) is 11.9. The van der Waals surface area contributed by atoms with Crippen LogP contribution in [0.3, 0.4) is 0 Å². The van der Waals surface area contributed by atoms with Crippen LogP contribution in [-0.2, 0) is 0 Å². The normalized spacial score (nSPS) is 10.7. The van der Waals surface area contributed by atoms with Crippen molar-refractivity contribution in [1.82, 2.24) is 0 Å². The van der Waals surface area contributed by atoms with Crippen molar-refractivity contribution in [3.63, 3.8) is 0 Å². The Balaban J connectivity index is 2.15. The van der Waals surface area contributed by atoms with Gasteiger partial charge in [0.15, 0.2) is 6.61 Å². The number of para-hydroxylation sites is 1. The van der Waals surface area contributed by atoms with Gasteiger partial charge in [-0.15, -0.1) is 0 Å². The zero-order valence-corrected chi connectivity index (χ0v) is 11.9. The maximum Gasteiger partial charge on any atom is 0.206 e. The molecule has 2 nitrogen and oxygen atoms in total. The Morgan fingerprint density at radius 1 is 1.05 bits per heavy atom. The molecule has 0 aliphatic heterocycles. The molecule has 0 saturated heterocycles. The highest BCUT2D eigenvalue weighted by Gasteiger charge is 2.18. The third kappa shape index (κ3) is 3.45. The number of carbonyl (C=O) groups excluding carboxylic acids is 1. The maximum absolute atomic E-state index is 13.5. The average Bonchev–Trinajstić information content (AvgIpc) is 2.45. The molecule has 0 heterocycles. The molecule has 0 bridgehead atoms. The van der Waals surface area contributed by atoms with E-state index >= 15 is 0 Å². The number of ether oxygens (including phenoxy) is 1. The molecule has 0 amide bonds. The van der Waals surface area contributed by atoms with Gasteiger partial charge in [-0.1, -0.05) is 38.1 Å². The van der Waals surface area contributed by atoms with Gasteiger partial charge >= 0.3 is 0 Å². The predicted octanol–water partition coefficient (Wildman–Crippen LogP) is 4.35. The van der Waals surface area contributed by atoms with Crippen molar-refractivity contribution >= 4 is 5.78 Å². The van der Waals surface area contributed by atoms with Crippen molar-refractivity contribution < 1.29 is 18.3 Å². The van der Waals surface area contributed by atoms with E-state index < -0.39 is 29.6 Å². The Morgan fingerprint density at radius 3 is 2.29 bits per heavy atom. The Labute approximate surface area is 122 Å². The Morgan fingerprint density at radius 2 is 1.67 bits per heavy atom. The number of rotatable bonds is 5. The quantitative estimate of drug-likeness (QED) is 0.765. The maximum atomic E-state index is 13.5. The molecule has 2 rings (SSSR count). The van der Waals surface area contributed by atoms with E-state index in [4.69, 9.17) is 4.74 Å². The van der Waals surface area contributed by atoms with E-state index in [0.717, 1.165) is 17.7 Å². The molecule has 0 N–H and O–H groups in total. The van der Waals surface area contributed by atoms with Gasteiger partial charge < -0.3 is 4.74 Å². The topological polar surface area (TPSA) is 26.3 Å². The Hall–Kier alpha value is -2.23. The minimum Gasteiger partial charge on any atom is -0.485 e. The molecule has 0 aromatic heterocycles. The lowest BCUT2D eigenvalue weighted by atomic mass is 10.0. The van der Waals surface area contributed by atoms with E-state index in [1.54, 1.807) is 12.1 Å². The van der Waals surface area contributed by atoms with Crippen molar-refractivity contribution in [1.29, 1.82) is 0 Å². The zero-order valence-electron chi connectivity index (χ0n) is 11.9. The summed E-state index contributed by atoms with van der Waals surface area (Å²) in [5.74, 6) is -1.69. The number of Topliss-reactive ketones (excluding diaryl/α,β-unsaturated/α-hetero) is 1. The van der Waals surface area contributed by atoms with E-state index in [2.05, 4.69) is 0 Å². The molecule has 0 aliphatic carbocycles. The first kappa shape index (κ1) is 15.2. The fourth-order valence-corrected chi connectivity index (χ4v) is 2.07. The molecule has 0 unspecified atom stereocenters. The number of carbonyl (C=O) groups is 1. The lowest BCUT2D eigenvalue weighted by Crippen LogP contribution is -2.15. The summed E-state index contributed by atoms with van der Waals surface area (Å²) in [6.45, 7) is 3.60. The summed E-state index contributed by atoms with van der Waals surface area (Å²) in [6, 6.07) is 10.6. The van der Waals surface area contributed by atoms with Crippen molar-refractivity contribution in [2.45, 2.75) is 19.8 Å². The smallest absolute Gasteiger partial charge is 0.206 e. The second kappa shape index (κ2) is 6.48. The number of halogens is 2. The van der Waals surface area contributed by atoms with Gasteiger partial charge in [-0.2, -0.15) is 0 Å². The number of benzene rings is 2. The average molecular weight is 290 g/mol. The molecule has 0 aliphatic rings. The molecule has 2 aromatic rings. The molecule has 0 radical (unpaired) electrons. The van der Waals surface area contributed by atoms with Crippen LogP contribution in [0.4, 0.5) is 8.78 Å². The lowest BCUT2D eigenvalue weighted by Gasteiger charge is -2.13. The number of hydrogen-bond acceptors (Lipinski definition) is 2. The summed E-state index contributed by atoms with van der Waals surface area (Å²) < 4.78 is 32.5. The second-order valence-corrected chi connectivity index (χ2v) is 5.00. The van der Waals surface area contributed by atoms with Crippen LogP contribution in [0.2, 0.25) is 0 Å². The van der Waals surface area contributed by atoms with E-state index in [1.807, 2.05) is 26.0 Å². The first-order valence-corrected chi connectivity index (χ1v) is 6.69. The lowest BCUT2D eigenvalue weighted by molar-refractivity contribution is 0.0912. The summed E-state index contributed by atoms with van der Waals surface area (Å²) in [6.07, 6.45) is 0. The largest absolute Gasteiger partial charge is 0.485 e.